The zero-order chi connectivity index (χ0) is 11.5. The molecule has 1 aliphatic rings. The van der Waals surface area contributed by atoms with Gasteiger partial charge in [-0.15, -0.1) is 0 Å². The molecule has 1 heterocycles. The maximum absolute atomic E-state index is 11.6. The molecule has 0 radical (unpaired) electrons. The Kier molecular flexibility index (Phi) is 3.96. The molecule has 2 unspecified atom stereocenters. The van der Waals surface area contributed by atoms with Crippen molar-refractivity contribution in [2.75, 3.05) is 25.1 Å². The number of carbonyl (C=O) groups is 1. The molecular formula is C9H19N3O2S. The molecule has 0 bridgehead atoms. The second kappa shape index (κ2) is 4.83. The minimum atomic E-state index is -2.42. The molecule has 2 N–H and O–H groups in total. The molecule has 0 aromatic carbocycles. The second-order valence-corrected chi connectivity index (χ2v) is 6.33. The Bertz CT molecular complexity index is 326. The smallest absolute Gasteiger partial charge is 0.317 e. The molecule has 2 amide bonds. The average molecular weight is 233 g/mol. The summed E-state index contributed by atoms with van der Waals surface area (Å²) >= 11 is 0. The average Bonchev–Trinajstić information content (AvgIpc) is 2.54. The first kappa shape index (κ1) is 12.3. The van der Waals surface area contributed by atoms with Crippen LogP contribution in [0.1, 0.15) is 19.8 Å². The van der Waals surface area contributed by atoms with Crippen LogP contribution in [0.25, 0.3) is 0 Å². The first-order chi connectivity index (χ1) is 6.96. The number of nitrogens with one attached hydrogen (secondary N) is 2. The first-order valence-corrected chi connectivity index (χ1v) is 7.10. The van der Waals surface area contributed by atoms with Gasteiger partial charge in [0.1, 0.15) is 0 Å². The number of carbonyl (C=O) groups excluding carboxylic acids is 1. The van der Waals surface area contributed by atoms with E-state index in [0.717, 1.165) is 6.42 Å². The molecule has 2 atom stereocenters. The molecule has 6 heteroatoms. The summed E-state index contributed by atoms with van der Waals surface area (Å²) in [5.74, 6) is 0.742. The van der Waals surface area contributed by atoms with Crippen LogP contribution in [0.15, 0.2) is 0 Å². The van der Waals surface area contributed by atoms with Crippen LogP contribution < -0.4 is 5.32 Å². The van der Waals surface area contributed by atoms with Gasteiger partial charge in [0.2, 0.25) is 0 Å². The summed E-state index contributed by atoms with van der Waals surface area (Å²) < 4.78 is 18.9. The van der Waals surface area contributed by atoms with E-state index >= 15 is 0 Å². The lowest BCUT2D eigenvalue weighted by atomic mass is 10.2. The largest absolute Gasteiger partial charge is 0.338 e. The lowest BCUT2D eigenvalue weighted by Gasteiger charge is -2.23. The highest BCUT2D eigenvalue weighted by Gasteiger charge is 2.30. The van der Waals surface area contributed by atoms with Crippen molar-refractivity contribution in [2.45, 2.75) is 25.8 Å². The minimum absolute atomic E-state index is 0.0353. The summed E-state index contributed by atoms with van der Waals surface area (Å²) in [6.45, 7) is 2.65. The molecule has 0 aromatic rings. The van der Waals surface area contributed by atoms with E-state index in [0.29, 0.717) is 24.5 Å². The lowest BCUT2D eigenvalue weighted by molar-refractivity contribution is 0.195. The van der Waals surface area contributed by atoms with Crippen LogP contribution in [0.4, 0.5) is 4.79 Å². The van der Waals surface area contributed by atoms with Gasteiger partial charge in [0.05, 0.1) is 5.75 Å². The Morgan fingerprint density at radius 3 is 2.80 bits per heavy atom. The minimum Gasteiger partial charge on any atom is -0.338 e. The summed E-state index contributed by atoms with van der Waals surface area (Å²) in [6.07, 6.45) is 1.58. The molecule has 5 nitrogen and oxygen atoms in total. The number of amides is 2. The molecule has 88 valence electrons. The van der Waals surface area contributed by atoms with Crippen LogP contribution >= 0.6 is 0 Å². The zero-order valence-corrected chi connectivity index (χ0v) is 10.1. The Hall–Kier alpha value is -0.780. The van der Waals surface area contributed by atoms with E-state index < -0.39 is 9.73 Å². The number of nitrogens with zero attached hydrogens (tertiary/aromatic N) is 1. The molecule has 0 saturated carbocycles. The van der Waals surface area contributed by atoms with Gasteiger partial charge in [0, 0.05) is 35.1 Å². The third kappa shape index (κ3) is 3.37. The molecule has 1 saturated heterocycles. The SMILES string of the molecule is CCCNC(=O)N(C)C1CCS(=N)(=O)C1. The molecule has 0 aliphatic carbocycles. The third-order valence-corrected chi connectivity index (χ3v) is 4.46. The van der Waals surface area contributed by atoms with Gasteiger partial charge in [-0.2, -0.15) is 0 Å². The second-order valence-electron chi connectivity index (χ2n) is 3.97. The van der Waals surface area contributed by atoms with Crippen LogP contribution in [0.2, 0.25) is 0 Å². The van der Waals surface area contributed by atoms with Gasteiger partial charge in [0.15, 0.2) is 0 Å². The summed E-state index contributed by atoms with van der Waals surface area (Å²) in [4.78, 5) is 13.1. The Balaban J connectivity index is 2.47. The van der Waals surface area contributed by atoms with Gasteiger partial charge in [0.25, 0.3) is 0 Å². The van der Waals surface area contributed by atoms with Crippen molar-refractivity contribution in [1.29, 1.82) is 4.78 Å². The van der Waals surface area contributed by atoms with E-state index in [2.05, 4.69) is 5.32 Å². The Morgan fingerprint density at radius 2 is 2.33 bits per heavy atom. The summed E-state index contributed by atoms with van der Waals surface area (Å²) in [5, 5.41) is 2.77. The third-order valence-electron chi connectivity index (χ3n) is 2.64. The van der Waals surface area contributed by atoms with Gasteiger partial charge in [-0.1, -0.05) is 6.92 Å². The summed E-state index contributed by atoms with van der Waals surface area (Å²) in [6, 6.07) is -0.161. The molecule has 1 aliphatic heterocycles. The van der Waals surface area contributed by atoms with Crippen molar-refractivity contribution >= 4 is 15.8 Å². The van der Waals surface area contributed by atoms with Crippen molar-refractivity contribution in [3.05, 3.63) is 0 Å². The van der Waals surface area contributed by atoms with Gasteiger partial charge in [-0.3, -0.25) is 4.78 Å². The van der Waals surface area contributed by atoms with Crippen molar-refractivity contribution in [1.82, 2.24) is 10.2 Å². The molecule has 0 spiro atoms. The zero-order valence-electron chi connectivity index (χ0n) is 9.28. The Morgan fingerprint density at radius 1 is 1.67 bits per heavy atom. The number of hydrogen-bond donors (Lipinski definition) is 2. The fraction of sp³-hybridized carbons (Fsp3) is 0.889. The summed E-state index contributed by atoms with van der Waals surface area (Å²) in [7, 11) is -0.711. The highest BCUT2D eigenvalue weighted by atomic mass is 32.2. The van der Waals surface area contributed by atoms with E-state index in [9.17, 15) is 9.00 Å². The Labute approximate surface area is 91.2 Å². The molecule has 0 aromatic heterocycles. The molecule has 1 fully saturated rings. The van der Waals surface area contributed by atoms with E-state index in [1.807, 2.05) is 6.92 Å². The predicted molar refractivity (Wildman–Crippen MR) is 60.5 cm³/mol. The first-order valence-electron chi connectivity index (χ1n) is 5.21. The van der Waals surface area contributed by atoms with Crippen LogP contribution in [0.3, 0.4) is 0 Å². The highest BCUT2D eigenvalue weighted by molar-refractivity contribution is 7.92. The highest BCUT2D eigenvalue weighted by Crippen LogP contribution is 2.16. The fourth-order valence-electron chi connectivity index (χ4n) is 1.63. The quantitative estimate of drug-likeness (QED) is 0.758. The van der Waals surface area contributed by atoms with E-state index in [-0.39, 0.29) is 12.1 Å². The number of hydrogen-bond acceptors (Lipinski definition) is 3. The van der Waals surface area contributed by atoms with Crippen LogP contribution in [0.5, 0.6) is 0 Å². The van der Waals surface area contributed by atoms with Crippen LogP contribution in [-0.4, -0.2) is 46.3 Å². The van der Waals surface area contributed by atoms with E-state index in [1.54, 1.807) is 11.9 Å². The van der Waals surface area contributed by atoms with Crippen molar-refractivity contribution in [3.63, 3.8) is 0 Å². The van der Waals surface area contributed by atoms with Crippen LogP contribution in [-0.2, 0) is 9.73 Å². The molecular weight excluding hydrogens is 214 g/mol. The van der Waals surface area contributed by atoms with Crippen LogP contribution in [0, 0.1) is 4.78 Å². The van der Waals surface area contributed by atoms with E-state index in [1.165, 1.54) is 0 Å². The summed E-state index contributed by atoms with van der Waals surface area (Å²) in [5.41, 5.74) is 0. The molecule has 15 heavy (non-hydrogen) atoms. The van der Waals surface area contributed by atoms with Gasteiger partial charge >= 0.3 is 6.03 Å². The van der Waals surface area contributed by atoms with Gasteiger partial charge in [-0.25, -0.2) is 9.00 Å². The van der Waals surface area contributed by atoms with Crippen molar-refractivity contribution < 1.29 is 9.00 Å². The van der Waals surface area contributed by atoms with Crippen molar-refractivity contribution in [2.24, 2.45) is 0 Å². The predicted octanol–water partition coefficient (Wildman–Crippen LogP) is 0.857. The normalized spacial score (nSPS) is 30.1. The number of urea groups is 1. The standard InChI is InChI=1S/C9H19N3O2S/c1-3-5-11-9(13)12(2)8-4-6-15(10,14)7-8/h8,10H,3-7H2,1-2H3,(H,11,13). The molecule has 1 rings (SSSR count). The fourth-order valence-corrected chi connectivity index (χ4v) is 3.46. The maximum Gasteiger partial charge on any atom is 0.317 e. The topological polar surface area (TPSA) is 73.3 Å². The number of rotatable bonds is 3. The van der Waals surface area contributed by atoms with E-state index in [4.69, 9.17) is 4.78 Å². The maximum atomic E-state index is 11.6. The lowest BCUT2D eigenvalue weighted by Crippen LogP contribution is -2.44. The van der Waals surface area contributed by atoms with Gasteiger partial charge in [-0.05, 0) is 12.8 Å². The monoisotopic (exact) mass is 233 g/mol. The van der Waals surface area contributed by atoms with Gasteiger partial charge < -0.3 is 10.2 Å². The van der Waals surface area contributed by atoms with Crippen molar-refractivity contribution in [3.8, 4) is 0 Å².